The van der Waals surface area contributed by atoms with Crippen molar-refractivity contribution < 1.29 is 23.9 Å². The average molecular weight is 314 g/mol. The molecule has 6 nitrogen and oxygen atoms in total. The Morgan fingerprint density at radius 3 is 2.76 bits per heavy atom. The van der Waals surface area contributed by atoms with Crippen LogP contribution in [0.5, 0.6) is 0 Å². The summed E-state index contributed by atoms with van der Waals surface area (Å²) in [5.41, 5.74) is 0.816. The Morgan fingerprint density at radius 1 is 1.48 bits per heavy atom. The second-order valence-corrected chi connectivity index (χ2v) is 5.23. The van der Waals surface area contributed by atoms with Crippen molar-refractivity contribution in [2.45, 2.75) is 13.0 Å². The molecule has 0 aliphatic carbocycles. The number of hydrogen-bond acceptors (Lipinski definition) is 4. The van der Waals surface area contributed by atoms with Crippen LogP contribution in [0.3, 0.4) is 0 Å². The van der Waals surface area contributed by atoms with Crippen LogP contribution in [-0.2, 0) is 14.4 Å². The van der Waals surface area contributed by atoms with Crippen LogP contribution in [0.25, 0.3) is 0 Å². The van der Waals surface area contributed by atoms with E-state index in [0.717, 1.165) is 11.8 Å². The van der Waals surface area contributed by atoms with E-state index in [1.807, 2.05) is 0 Å². The minimum Gasteiger partial charge on any atom is -0.480 e. The monoisotopic (exact) mass is 314 g/mol. The van der Waals surface area contributed by atoms with Gasteiger partial charge >= 0.3 is 5.97 Å². The van der Waals surface area contributed by atoms with Crippen LogP contribution < -0.4 is 10.6 Å². The normalized spacial score (nSPS) is 11.5. The standard InChI is InChI=1S/C13H15FN2O4S/c1-8-2-3-9(4-10(8)14)16-12(18)6-21-5-11(13(19)20)15-7-17/h2-4,7,11H,5-6H2,1H3,(H,15,17)(H,16,18)(H,19,20). The van der Waals surface area contributed by atoms with E-state index in [0.29, 0.717) is 17.7 Å². The van der Waals surface area contributed by atoms with E-state index in [-0.39, 0.29) is 17.4 Å². The molecule has 0 bridgehead atoms. The molecule has 1 unspecified atom stereocenters. The lowest BCUT2D eigenvalue weighted by atomic mass is 10.2. The highest BCUT2D eigenvalue weighted by molar-refractivity contribution is 8.00. The molecule has 0 heterocycles. The highest BCUT2D eigenvalue weighted by Gasteiger charge is 2.16. The number of hydrogen-bond donors (Lipinski definition) is 3. The highest BCUT2D eigenvalue weighted by atomic mass is 32.2. The van der Waals surface area contributed by atoms with Gasteiger partial charge in [-0.05, 0) is 24.6 Å². The van der Waals surface area contributed by atoms with Crippen molar-refractivity contribution in [2.75, 3.05) is 16.8 Å². The molecule has 0 saturated heterocycles. The van der Waals surface area contributed by atoms with E-state index in [1.165, 1.54) is 6.07 Å². The first-order valence-electron chi connectivity index (χ1n) is 6.00. The van der Waals surface area contributed by atoms with Gasteiger partial charge in [-0.3, -0.25) is 9.59 Å². The fraction of sp³-hybridized carbons (Fsp3) is 0.308. The molecule has 1 aromatic carbocycles. The molecule has 0 radical (unpaired) electrons. The lowest BCUT2D eigenvalue weighted by molar-refractivity contribution is -0.139. The van der Waals surface area contributed by atoms with Gasteiger partial charge in [-0.15, -0.1) is 11.8 Å². The lowest BCUT2D eigenvalue weighted by Gasteiger charge is -2.10. The molecule has 0 spiro atoms. The Balaban J connectivity index is 2.41. The molecule has 0 saturated carbocycles. The Morgan fingerprint density at radius 2 is 2.19 bits per heavy atom. The number of rotatable bonds is 8. The molecule has 0 aromatic heterocycles. The van der Waals surface area contributed by atoms with E-state index in [2.05, 4.69) is 10.6 Å². The number of halogens is 1. The molecule has 114 valence electrons. The molecule has 1 aromatic rings. The number of amides is 2. The third kappa shape index (κ3) is 5.82. The maximum atomic E-state index is 13.3. The first-order valence-corrected chi connectivity index (χ1v) is 7.15. The minimum absolute atomic E-state index is 0.000186. The number of carboxylic acids is 1. The van der Waals surface area contributed by atoms with Gasteiger partial charge in [0.05, 0.1) is 5.75 Å². The number of carbonyl (C=O) groups is 3. The zero-order valence-electron chi connectivity index (χ0n) is 11.3. The Kier molecular flexibility index (Phi) is 6.67. The number of thioether (sulfide) groups is 1. The number of benzene rings is 1. The lowest BCUT2D eigenvalue weighted by Crippen LogP contribution is -2.38. The van der Waals surface area contributed by atoms with Crippen molar-refractivity contribution in [1.82, 2.24) is 5.32 Å². The van der Waals surface area contributed by atoms with Crippen LogP contribution in [0.1, 0.15) is 5.56 Å². The maximum Gasteiger partial charge on any atom is 0.327 e. The van der Waals surface area contributed by atoms with E-state index in [4.69, 9.17) is 5.11 Å². The molecule has 1 atom stereocenters. The van der Waals surface area contributed by atoms with Crippen molar-refractivity contribution in [3.05, 3.63) is 29.6 Å². The van der Waals surface area contributed by atoms with Crippen molar-refractivity contribution in [1.29, 1.82) is 0 Å². The molecule has 3 N–H and O–H groups in total. The summed E-state index contributed by atoms with van der Waals surface area (Å²) >= 11 is 1.06. The summed E-state index contributed by atoms with van der Waals surface area (Å²) in [6, 6.07) is 3.30. The Hall–Kier alpha value is -2.09. The fourth-order valence-electron chi connectivity index (χ4n) is 1.41. The van der Waals surface area contributed by atoms with E-state index in [9.17, 15) is 18.8 Å². The zero-order chi connectivity index (χ0) is 15.8. The molecule has 1 rings (SSSR count). The first kappa shape index (κ1) is 17.0. The van der Waals surface area contributed by atoms with Gasteiger partial charge in [0, 0.05) is 11.4 Å². The second kappa shape index (κ2) is 8.25. The summed E-state index contributed by atoms with van der Waals surface area (Å²) in [6.07, 6.45) is 0.300. The second-order valence-electron chi connectivity index (χ2n) is 4.20. The largest absolute Gasteiger partial charge is 0.480 e. The minimum atomic E-state index is -1.17. The fourth-order valence-corrected chi connectivity index (χ4v) is 2.26. The first-order chi connectivity index (χ1) is 9.93. The molecular formula is C13H15FN2O4S. The van der Waals surface area contributed by atoms with Crippen molar-refractivity contribution in [3.63, 3.8) is 0 Å². The van der Waals surface area contributed by atoms with Gasteiger partial charge in [0.2, 0.25) is 12.3 Å². The summed E-state index contributed by atoms with van der Waals surface area (Å²) < 4.78 is 13.3. The van der Waals surface area contributed by atoms with Gasteiger partial charge in [-0.25, -0.2) is 9.18 Å². The van der Waals surface area contributed by atoms with Crippen LogP contribution in [0.2, 0.25) is 0 Å². The average Bonchev–Trinajstić information content (AvgIpc) is 2.42. The summed E-state index contributed by atoms with van der Waals surface area (Å²) in [5.74, 6) is -1.90. The van der Waals surface area contributed by atoms with Gasteiger partial charge in [-0.2, -0.15) is 0 Å². The molecular weight excluding hydrogens is 299 g/mol. The molecule has 21 heavy (non-hydrogen) atoms. The third-order valence-corrected chi connectivity index (χ3v) is 3.58. The molecule has 0 fully saturated rings. The quantitative estimate of drug-likeness (QED) is 0.622. The SMILES string of the molecule is Cc1ccc(NC(=O)CSCC(NC=O)C(=O)O)cc1F. The Labute approximate surface area is 125 Å². The Bertz CT molecular complexity index is 539. The van der Waals surface area contributed by atoms with Gasteiger partial charge in [0.1, 0.15) is 11.9 Å². The number of aryl methyl sites for hydroxylation is 1. The van der Waals surface area contributed by atoms with Gasteiger partial charge in [0.15, 0.2) is 0 Å². The maximum absolute atomic E-state index is 13.3. The van der Waals surface area contributed by atoms with Crippen LogP contribution in [-0.4, -0.2) is 40.9 Å². The molecule has 0 aliphatic heterocycles. The smallest absolute Gasteiger partial charge is 0.327 e. The van der Waals surface area contributed by atoms with Gasteiger partial charge in [0.25, 0.3) is 0 Å². The van der Waals surface area contributed by atoms with Gasteiger partial charge < -0.3 is 15.7 Å². The molecule has 8 heteroatoms. The van der Waals surface area contributed by atoms with E-state index >= 15 is 0 Å². The summed E-state index contributed by atoms with van der Waals surface area (Å²) in [6.45, 7) is 1.61. The number of anilines is 1. The van der Waals surface area contributed by atoms with Gasteiger partial charge in [-0.1, -0.05) is 6.07 Å². The number of carbonyl (C=O) groups excluding carboxylic acids is 2. The van der Waals surface area contributed by atoms with Crippen molar-refractivity contribution in [2.24, 2.45) is 0 Å². The summed E-state index contributed by atoms with van der Waals surface area (Å²) in [5, 5.41) is 13.4. The van der Waals surface area contributed by atoms with Crippen LogP contribution in [0.15, 0.2) is 18.2 Å². The van der Waals surface area contributed by atoms with E-state index in [1.54, 1.807) is 19.1 Å². The number of carboxylic acid groups (broad SMARTS) is 1. The van der Waals surface area contributed by atoms with Crippen molar-refractivity contribution >= 4 is 35.7 Å². The number of nitrogens with one attached hydrogen (secondary N) is 2. The molecule has 2 amide bonds. The summed E-state index contributed by atoms with van der Waals surface area (Å²) in [7, 11) is 0. The zero-order valence-corrected chi connectivity index (χ0v) is 12.1. The van der Waals surface area contributed by atoms with E-state index < -0.39 is 17.8 Å². The molecule has 0 aliphatic rings. The predicted octanol–water partition coefficient (Wildman–Crippen LogP) is 1.01. The topological polar surface area (TPSA) is 95.5 Å². The van der Waals surface area contributed by atoms with Crippen LogP contribution >= 0.6 is 11.8 Å². The van der Waals surface area contributed by atoms with Crippen molar-refractivity contribution in [3.8, 4) is 0 Å². The number of aliphatic carboxylic acids is 1. The predicted molar refractivity (Wildman–Crippen MR) is 77.7 cm³/mol. The highest BCUT2D eigenvalue weighted by Crippen LogP contribution is 2.14. The van der Waals surface area contributed by atoms with Crippen LogP contribution in [0, 0.1) is 12.7 Å². The summed E-state index contributed by atoms with van der Waals surface area (Å²) in [4.78, 5) is 32.6. The van der Waals surface area contributed by atoms with Crippen LogP contribution in [0.4, 0.5) is 10.1 Å². The third-order valence-electron chi connectivity index (χ3n) is 2.54.